The quantitative estimate of drug-likeness (QED) is 0.781. The zero-order valence-corrected chi connectivity index (χ0v) is 13.3. The molecule has 1 aromatic rings. The number of amides is 1. The molecule has 7 heteroatoms. The van der Waals surface area contributed by atoms with Crippen molar-refractivity contribution in [1.29, 1.82) is 0 Å². The summed E-state index contributed by atoms with van der Waals surface area (Å²) < 4.78 is 3.43. The van der Waals surface area contributed by atoms with Gasteiger partial charge in [-0.3, -0.25) is 4.90 Å². The Bertz CT molecular complexity index is 573. The van der Waals surface area contributed by atoms with Gasteiger partial charge in [-0.2, -0.15) is 0 Å². The Kier molecular flexibility index (Phi) is 3.99. The molecule has 1 aromatic carbocycles. The number of carbonyl (C=O) groups is 1. The van der Waals surface area contributed by atoms with Gasteiger partial charge in [-0.1, -0.05) is 46.9 Å². The molecule has 1 N–H and O–H groups in total. The number of carbonyl (C=O) groups excluding carboxylic acids is 1. The van der Waals surface area contributed by atoms with E-state index in [0.717, 1.165) is 23.2 Å². The van der Waals surface area contributed by atoms with E-state index in [0.29, 0.717) is 13.0 Å². The molecule has 1 aliphatic carbocycles. The van der Waals surface area contributed by atoms with Crippen LogP contribution in [0, 0.1) is 0 Å². The second-order valence-electron chi connectivity index (χ2n) is 5.35. The first kappa shape index (κ1) is 15.2. The van der Waals surface area contributed by atoms with Crippen molar-refractivity contribution in [3.8, 4) is 0 Å². The predicted octanol–water partition coefficient (Wildman–Crippen LogP) is 3.92. The third-order valence-electron chi connectivity index (χ3n) is 3.95. The lowest BCUT2D eigenvalue weighted by Gasteiger charge is -2.24. The van der Waals surface area contributed by atoms with Crippen LogP contribution >= 0.6 is 34.8 Å². The molecule has 0 fully saturated rings. The summed E-state index contributed by atoms with van der Waals surface area (Å²) in [5.74, 6) is 0.236. The highest BCUT2D eigenvalue weighted by Gasteiger charge is 2.39. The standard InChI is InChI=1S/C14H14Cl3NO3/c15-14(16,17)7-21-13(20)18-6-8-4-5-11(19)9-2-1-3-10(18)12(8)9/h1-3,8,11,19H,4-7H2. The van der Waals surface area contributed by atoms with Crippen LogP contribution in [0.25, 0.3) is 0 Å². The van der Waals surface area contributed by atoms with Crippen LogP contribution in [-0.4, -0.2) is 28.1 Å². The summed E-state index contributed by atoms with van der Waals surface area (Å²) in [6, 6.07) is 5.60. The fourth-order valence-corrected chi connectivity index (χ4v) is 3.26. The summed E-state index contributed by atoms with van der Waals surface area (Å²) in [4.78, 5) is 13.7. The number of nitrogens with zero attached hydrogens (tertiary/aromatic N) is 1. The minimum atomic E-state index is -1.62. The van der Waals surface area contributed by atoms with Gasteiger partial charge in [0.05, 0.1) is 11.8 Å². The van der Waals surface area contributed by atoms with E-state index in [4.69, 9.17) is 39.5 Å². The number of ether oxygens (including phenoxy) is 1. The van der Waals surface area contributed by atoms with E-state index in [9.17, 15) is 9.90 Å². The van der Waals surface area contributed by atoms with Gasteiger partial charge >= 0.3 is 6.09 Å². The first-order valence-corrected chi connectivity index (χ1v) is 7.82. The molecular weight excluding hydrogens is 337 g/mol. The van der Waals surface area contributed by atoms with Crippen molar-refractivity contribution < 1.29 is 14.6 Å². The molecule has 1 amide bonds. The van der Waals surface area contributed by atoms with E-state index >= 15 is 0 Å². The number of benzene rings is 1. The molecular formula is C14H14Cl3NO3. The van der Waals surface area contributed by atoms with E-state index < -0.39 is 16.0 Å². The molecule has 21 heavy (non-hydrogen) atoms. The van der Waals surface area contributed by atoms with Crippen LogP contribution in [0.2, 0.25) is 0 Å². The van der Waals surface area contributed by atoms with Crippen molar-refractivity contribution in [3.05, 3.63) is 29.3 Å². The van der Waals surface area contributed by atoms with Crippen molar-refractivity contribution in [2.24, 2.45) is 0 Å². The van der Waals surface area contributed by atoms with Crippen LogP contribution < -0.4 is 4.90 Å². The van der Waals surface area contributed by atoms with Gasteiger partial charge in [-0.05, 0) is 30.0 Å². The smallest absolute Gasteiger partial charge is 0.414 e. The summed E-state index contributed by atoms with van der Waals surface area (Å²) in [7, 11) is 0. The molecule has 114 valence electrons. The summed E-state index contributed by atoms with van der Waals surface area (Å²) >= 11 is 16.8. The number of aliphatic hydroxyl groups excluding tert-OH is 1. The first-order chi connectivity index (χ1) is 9.87. The highest BCUT2D eigenvalue weighted by atomic mass is 35.6. The maximum absolute atomic E-state index is 12.2. The van der Waals surface area contributed by atoms with E-state index in [1.165, 1.54) is 0 Å². The Morgan fingerprint density at radius 3 is 2.86 bits per heavy atom. The number of halogens is 3. The van der Waals surface area contributed by atoms with Gasteiger partial charge in [0.15, 0.2) is 0 Å². The second-order valence-corrected chi connectivity index (χ2v) is 7.87. The average molecular weight is 351 g/mol. The van der Waals surface area contributed by atoms with Gasteiger partial charge in [0.25, 0.3) is 0 Å². The van der Waals surface area contributed by atoms with Crippen LogP contribution in [0.5, 0.6) is 0 Å². The fraction of sp³-hybridized carbons (Fsp3) is 0.500. The summed E-state index contributed by atoms with van der Waals surface area (Å²) in [6.07, 6.45) is 0.560. The monoisotopic (exact) mass is 349 g/mol. The SMILES string of the molecule is O=C(OCC(Cl)(Cl)Cl)N1CC2CCC(O)c3cccc1c32. The molecule has 1 heterocycles. The molecule has 4 nitrogen and oxygen atoms in total. The van der Waals surface area contributed by atoms with Gasteiger partial charge in [-0.25, -0.2) is 4.79 Å². The number of alkyl halides is 3. The normalized spacial score (nSPS) is 23.9. The van der Waals surface area contributed by atoms with Crippen molar-refractivity contribution in [3.63, 3.8) is 0 Å². The second kappa shape index (κ2) is 5.51. The fourth-order valence-electron chi connectivity index (χ4n) is 3.10. The van der Waals surface area contributed by atoms with E-state index in [1.54, 1.807) is 4.90 Å². The number of rotatable bonds is 1. The van der Waals surface area contributed by atoms with Crippen molar-refractivity contribution in [1.82, 2.24) is 0 Å². The average Bonchev–Trinajstić information content (AvgIpc) is 2.80. The number of hydrogen-bond donors (Lipinski definition) is 1. The van der Waals surface area contributed by atoms with Crippen LogP contribution in [0.4, 0.5) is 10.5 Å². The Morgan fingerprint density at radius 2 is 2.14 bits per heavy atom. The maximum atomic E-state index is 12.2. The largest absolute Gasteiger partial charge is 0.445 e. The van der Waals surface area contributed by atoms with E-state index in [2.05, 4.69) is 0 Å². The van der Waals surface area contributed by atoms with E-state index in [1.807, 2.05) is 18.2 Å². The topological polar surface area (TPSA) is 49.8 Å². The zero-order chi connectivity index (χ0) is 15.2. The maximum Gasteiger partial charge on any atom is 0.414 e. The number of hydrogen-bond acceptors (Lipinski definition) is 3. The molecule has 2 aliphatic rings. The Labute approximate surface area is 137 Å². The predicted molar refractivity (Wildman–Crippen MR) is 82.4 cm³/mol. The van der Waals surface area contributed by atoms with Crippen molar-refractivity contribution >= 4 is 46.6 Å². The molecule has 0 saturated heterocycles. The molecule has 1 aliphatic heterocycles. The molecule has 0 aromatic heterocycles. The Hall–Kier alpha value is -0.680. The van der Waals surface area contributed by atoms with Gasteiger partial charge in [0.1, 0.15) is 6.61 Å². The van der Waals surface area contributed by atoms with Crippen LogP contribution in [0.15, 0.2) is 18.2 Å². The third-order valence-corrected chi connectivity index (χ3v) is 4.27. The minimum absolute atomic E-state index is 0.236. The van der Waals surface area contributed by atoms with Gasteiger partial charge < -0.3 is 9.84 Å². The molecule has 0 saturated carbocycles. The lowest BCUT2D eigenvalue weighted by atomic mass is 9.82. The number of anilines is 1. The van der Waals surface area contributed by atoms with Crippen LogP contribution in [0.1, 0.15) is 36.0 Å². The molecule has 0 radical (unpaired) electrons. The lowest BCUT2D eigenvalue weighted by Crippen LogP contribution is -2.32. The van der Waals surface area contributed by atoms with E-state index in [-0.39, 0.29) is 12.5 Å². The molecule has 3 rings (SSSR count). The van der Waals surface area contributed by atoms with Gasteiger partial charge in [0.2, 0.25) is 3.79 Å². The molecule has 0 bridgehead atoms. The number of aliphatic hydroxyl groups is 1. The van der Waals surface area contributed by atoms with Gasteiger partial charge in [0, 0.05) is 12.5 Å². The Balaban J connectivity index is 1.84. The van der Waals surface area contributed by atoms with Crippen molar-refractivity contribution in [2.75, 3.05) is 18.1 Å². The first-order valence-electron chi connectivity index (χ1n) is 6.69. The lowest BCUT2D eigenvalue weighted by molar-refractivity contribution is 0.150. The molecule has 0 spiro atoms. The van der Waals surface area contributed by atoms with Gasteiger partial charge in [-0.15, -0.1) is 0 Å². The zero-order valence-electron chi connectivity index (χ0n) is 11.1. The van der Waals surface area contributed by atoms with Crippen LogP contribution in [-0.2, 0) is 4.74 Å². The Morgan fingerprint density at radius 1 is 1.38 bits per heavy atom. The summed E-state index contributed by atoms with van der Waals surface area (Å²) in [6.45, 7) is 0.243. The summed E-state index contributed by atoms with van der Waals surface area (Å²) in [5.41, 5.74) is 2.73. The van der Waals surface area contributed by atoms with Crippen molar-refractivity contribution in [2.45, 2.75) is 28.7 Å². The van der Waals surface area contributed by atoms with Crippen LogP contribution in [0.3, 0.4) is 0 Å². The minimum Gasteiger partial charge on any atom is -0.445 e. The summed E-state index contributed by atoms with van der Waals surface area (Å²) in [5, 5.41) is 10.1. The molecule has 2 atom stereocenters. The highest BCUT2D eigenvalue weighted by Crippen LogP contribution is 2.47. The third kappa shape index (κ3) is 2.95. The molecule has 2 unspecified atom stereocenters. The highest BCUT2D eigenvalue weighted by molar-refractivity contribution is 6.67.